The van der Waals surface area contributed by atoms with Gasteiger partial charge in [-0.3, -0.25) is 0 Å². The highest BCUT2D eigenvalue weighted by atomic mass is 19.1. The molecule has 0 aliphatic carbocycles. The number of hydrogen-bond acceptors (Lipinski definition) is 2. The van der Waals surface area contributed by atoms with Crippen molar-refractivity contribution in [3.63, 3.8) is 0 Å². The van der Waals surface area contributed by atoms with Gasteiger partial charge in [0.25, 0.3) is 0 Å². The molecule has 2 nitrogen and oxygen atoms in total. The van der Waals surface area contributed by atoms with E-state index in [2.05, 4.69) is 12.1 Å². The van der Waals surface area contributed by atoms with Crippen molar-refractivity contribution in [2.24, 2.45) is 5.16 Å². The number of aryl methyl sites for hydroxylation is 1. The van der Waals surface area contributed by atoms with Gasteiger partial charge in [-0.25, -0.2) is 8.78 Å². The number of hydrogen-bond donors (Lipinski definition) is 0. The minimum atomic E-state index is -0.622. The summed E-state index contributed by atoms with van der Waals surface area (Å²) in [6, 6.07) is 11.2. The van der Waals surface area contributed by atoms with Crippen LogP contribution in [0.3, 0.4) is 0 Å². The molecule has 4 heteroatoms. The molecular weight excluding hydrogens is 260 g/mol. The molecule has 0 aliphatic heterocycles. The second-order valence-electron chi connectivity index (χ2n) is 4.38. The molecule has 104 valence electrons. The highest BCUT2D eigenvalue weighted by Gasteiger charge is 2.00. The lowest BCUT2D eigenvalue weighted by Gasteiger charge is -2.01. The van der Waals surface area contributed by atoms with Gasteiger partial charge in [0.05, 0.1) is 6.21 Å². The zero-order valence-corrected chi connectivity index (χ0v) is 11.1. The zero-order valence-electron chi connectivity index (χ0n) is 11.1. The summed E-state index contributed by atoms with van der Waals surface area (Å²) in [6.07, 6.45) is 2.55. The van der Waals surface area contributed by atoms with Crippen LogP contribution in [0.2, 0.25) is 0 Å². The van der Waals surface area contributed by atoms with Gasteiger partial charge in [0, 0.05) is 6.07 Å². The Kier molecular flexibility index (Phi) is 4.82. The molecule has 0 bridgehead atoms. The van der Waals surface area contributed by atoms with Crippen LogP contribution in [0.15, 0.2) is 47.6 Å². The predicted octanol–water partition coefficient (Wildman–Crippen LogP) is 4.08. The van der Waals surface area contributed by atoms with E-state index in [9.17, 15) is 8.78 Å². The van der Waals surface area contributed by atoms with Gasteiger partial charge in [0.2, 0.25) is 0 Å². The molecule has 0 saturated carbocycles. The Morgan fingerprint density at radius 2 is 1.65 bits per heavy atom. The SMILES string of the molecule is CCc1ccc(C=NOCc2cc(F)cc(F)c2)cc1. The van der Waals surface area contributed by atoms with Crippen molar-refractivity contribution < 1.29 is 13.6 Å². The van der Waals surface area contributed by atoms with E-state index >= 15 is 0 Å². The molecule has 0 radical (unpaired) electrons. The molecule has 0 aromatic heterocycles. The summed E-state index contributed by atoms with van der Waals surface area (Å²) in [7, 11) is 0. The average Bonchev–Trinajstić information content (AvgIpc) is 2.43. The third kappa shape index (κ3) is 4.16. The highest BCUT2D eigenvalue weighted by Crippen LogP contribution is 2.09. The van der Waals surface area contributed by atoms with Crippen molar-refractivity contribution in [1.82, 2.24) is 0 Å². The van der Waals surface area contributed by atoms with Gasteiger partial charge >= 0.3 is 0 Å². The summed E-state index contributed by atoms with van der Waals surface area (Å²) in [5.74, 6) is -1.24. The number of halogens is 2. The number of oxime groups is 1. The summed E-state index contributed by atoms with van der Waals surface area (Å²) < 4.78 is 25.9. The smallest absolute Gasteiger partial charge is 0.142 e. The van der Waals surface area contributed by atoms with E-state index in [1.54, 1.807) is 6.21 Å². The van der Waals surface area contributed by atoms with Crippen LogP contribution in [0.5, 0.6) is 0 Å². The second-order valence-corrected chi connectivity index (χ2v) is 4.38. The van der Waals surface area contributed by atoms with E-state index in [4.69, 9.17) is 4.84 Å². The third-order valence-corrected chi connectivity index (χ3v) is 2.82. The minimum Gasteiger partial charge on any atom is -0.391 e. The Morgan fingerprint density at radius 3 is 2.25 bits per heavy atom. The van der Waals surface area contributed by atoms with Crippen molar-refractivity contribution in [3.8, 4) is 0 Å². The molecule has 0 heterocycles. The van der Waals surface area contributed by atoms with Gasteiger partial charge < -0.3 is 4.84 Å². The van der Waals surface area contributed by atoms with Crippen LogP contribution in [-0.2, 0) is 17.9 Å². The fourth-order valence-electron chi connectivity index (χ4n) is 1.74. The molecule has 0 aliphatic rings. The first-order chi connectivity index (χ1) is 9.67. The highest BCUT2D eigenvalue weighted by molar-refractivity contribution is 5.79. The van der Waals surface area contributed by atoms with Crippen molar-refractivity contribution in [3.05, 3.63) is 70.8 Å². The van der Waals surface area contributed by atoms with Gasteiger partial charge in [-0.15, -0.1) is 0 Å². The first-order valence-electron chi connectivity index (χ1n) is 6.36. The second kappa shape index (κ2) is 6.80. The average molecular weight is 275 g/mol. The zero-order chi connectivity index (χ0) is 14.4. The van der Waals surface area contributed by atoms with E-state index in [-0.39, 0.29) is 6.61 Å². The molecule has 0 amide bonds. The molecule has 0 unspecified atom stereocenters. The predicted molar refractivity (Wildman–Crippen MR) is 74.6 cm³/mol. The molecule has 20 heavy (non-hydrogen) atoms. The van der Waals surface area contributed by atoms with Crippen LogP contribution in [0.4, 0.5) is 8.78 Å². The Balaban J connectivity index is 1.89. The van der Waals surface area contributed by atoms with E-state index < -0.39 is 11.6 Å². The summed E-state index contributed by atoms with van der Waals surface area (Å²) in [5.41, 5.74) is 2.56. The van der Waals surface area contributed by atoms with Crippen LogP contribution < -0.4 is 0 Å². The Morgan fingerprint density at radius 1 is 1.00 bits per heavy atom. The van der Waals surface area contributed by atoms with Crippen molar-refractivity contribution >= 4 is 6.21 Å². The monoisotopic (exact) mass is 275 g/mol. The maximum Gasteiger partial charge on any atom is 0.142 e. The van der Waals surface area contributed by atoms with Crippen LogP contribution >= 0.6 is 0 Å². The topological polar surface area (TPSA) is 21.6 Å². The van der Waals surface area contributed by atoms with Crippen LogP contribution in [0.1, 0.15) is 23.6 Å². The first kappa shape index (κ1) is 14.2. The number of nitrogens with zero attached hydrogens (tertiary/aromatic N) is 1. The normalized spacial score (nSPS) is 10.9. The quantitative estimate of drug-likeness (QED) is 0.595. The van der Waals surface area contributed by atoms with Crippen molar-refractivity contribution in [1.29, 1.82) is 0 Å². The van der Waals surface area contributed by atoms with Crippen molar-refractivity contribution in [2.45, 2.75) is 20.0 Å². The largest absolute Gasteiger partial charge is 0.391 e. The van der Waals surface area contributed by atoms with E-state index in [0.29, 0.717) is 5.56 Å². The molecule has 0 atom stereocenters. The summed E-state index contributed by atoms with van der Waals surface area (Å²) in [4.78, 5) is 5.03. The third-order valence-electron chi connectivity index (χ3n) is 2.82. The molecule has 2 aromatic carbocycles. The summed E-state index contributed by atoms with van der Waals surface area (Å²) in [6.45, 7) is 2.11. The van der Waals surface area contributed by atoms with E-state index in [1.807, 2.05) is 24.3 Å². The Labute approximate surface area is 116 Å². The number of rotatable bonds is 5. The van der Waals surface area contributed by atoms with E-state index in [0.717, 1.165) is 18.1 Å². The van der Waals surface area contributed by atoms with Crippen molar-refractivity contribution in [2.75, 3.05) is 0 Å². The summed E-state index contributed by atoms with van der Waals surface area (Å²) >= 11 is 0. The standard InChI is InChI=1S/C16H15F2NO/c1-2-12-3-5-13(6-4-12)10-19-20-11-14-7-15(17)9-16(18)8-14/h3-10H,2,11H2,1H3. The lowest BCUT2D eigenvalue weighted by Crippen LogP contribution is -1.91. The number of benzene rings is 2. The fraction of sp³-hybridized carbons (Fsp3) is 0.188. The fourth-order valence-corrected chi connectivity index (χ4v) is 1.74. The molecule has 0 fully saturated rings. The van der Waals surface area contributed by atoms with E-state index in [1.165, 1.54) is 17.7 Å². The first-order valence-corrected chi connectivity index (χ1v) is 6.36. The maximum absolute atomic E-state index is 12.9. The molecule has 2 rings (SSSR count). The van der Waals surface area contributed by atoms with Gasteiger partial charge in [0.15, 0.2) is 0 Å². The lowest BCUT2D eigenvalue weighted by atomic mass is 10.1. The van der Waals surface area contributed by atoms with Crippen LogP contribution in [-0.4, -0.2) is 6.21 Å². The van der Waals surface area contributed by atoms with Crippen LogP contribution in [0.25, 0.3) is 0 Å². The Hall–Kier alpha value is -2.23. The molecule has 0 saturated heterocycles. The van der Waals surface area contributed by atoms with Gasteiger partial charge in [-0.2, -0.15) is 0 Å². The van der Waals surface area contributed by atoms with Gasteiger partial charge in [-0.05, 0) is 35.2 Å². The van der Waals surface area contributed by atoms with Gasteiger partial charge in [-0.1, -0.05) is 36.3 Å². The molecule has 2 aromatic rings. The van der Waals surface area contributed by atoms with Crippen LogP contribution in [0, 0.1) is 11.6 Å². The minimum absolute atomic E-state index is 0.0260. The molecule has 0 N–H and O–H groups in total. The summed E-state index contributed by atoms with van der Waals surface area (Å²) in [5, 5.41) is 3.78. The molecule has 0 spiro atoms. The Bertz CT molecular complexity index is 574. The maximum atomic E-state index is 12.9. The molecular formula is C16H15F2NO. The lowest BCUT2D eigenvalue weighted by molar-refractivity contribution is 0.131. The van der Waals surface area contributed by atoms with Gasteiger partial charge in [0.1, 0.15) is 18.2 Å².